The third-order valence-corrected chi connectivity index (χ3v) is 3.48. The summed E-state index contributed by atoms with van der Waals surface area (Å²) in [4.78, 5) is 10.8. The van der Waals surface area contributed by atoms with Gasteiger partial charge in [0.25, 0.3) is 0 Å². The van der Waals surface area contributed by atoms with Gasteiger partial charge >= 0.3 is 0 Å². The van der Waals surface area contributed by atoms with Gasteiger partial charge in [-0.25, -0.2) is 4.98 Å². The fourth-order valence-corrected chi connectivity index (χ4v) is 2.53. The Hall–Kier alpha value is -1.94. The Balaban J connectivity index is 1.98. The minimum absolute atomic E-state index is 0.0664. The van der Waals surface area contributed by atoms with Crippen LogP contribution in [0.2, 0.25) is 0 Å². The number of benzene rings is 1. The van der Waals surface area contributed by atoms with E-state index in [-0.39, 0.29) is 6.61 Å². The van der Waals surface area contributed by atoms with Gasteiger partial charge in [-0.3, -0.25) is 4.98 Å². The van der Waals surface area contributed by atoms with Crippen molar-refractivity contribution in [2.75, 3.05) is 11.4 Å². The zero-order chi connectivity index (χ0) is 13.2. The third kappa shape index (κ3) is 2.31. The molecule has 19 heavy (non-hydrogen) atoms. The minimum Gasteiger partial charge on any atom is -0.390 e. The number of fused-ring (bicyclic) bond motifs is 1. The van der Waals surface area contributed by atoms with E-state index in [1.165, 1.54) is 16.8 Å². The van der Waals surface area contributed by atoms with E-state index in [4.69, 9.17) is 5.11 Å². The van der Waals surface area contributed by atoms with Crippen LogP contribution < -0.4 is 4.90 Å². The predicted molar refractivity (Wildman–Crippen MR) is 74.5 cm³/mol. The van der Waals surface area contributed by atoms with Crippen LogP contribution in [-0.4, -0.2) is 21.6 Å². The summed E-state index contributed by atoms with van der Waals surface area (Å²) in [6.45, 7) is 3.02. The largest absolute Gasteiger partial charge is 0.390 e. The molecule has 1 aromatic heterocycles. The number of hydrogen-bond donors (Lipinski definition) is 1. The molecule has 0 fully saturated rings. The lowest BCUT2D eigenvalue weighted by Gasteiger charge is -2.30. The molecule has 0 aliphatic carbocycles. The molecule has 0 radical (unpaired) electrons. The molecule has 0 unspecified atom stereocenters. The standard InChI is InChI=1S/C15H17N3O/c1-11-4-5-14-12(7-11)3-2-6-18(14)15-9-16-13(10-19)8-17-15/h4-5,7-9,19H,2-3,6,10H2,1H3. The van der Waals surface area contributed by atoms with Gasteiger partial charge in [0.15, 0.2) is 5.82 Å². The summed E-state index contributed by atoms with van der Waals surface area (Å²) in [7, 11) is 0. The summed E-state index contributed by atoms with van der Waals surface area (Å²) in [6, 6.07) is 6.54. The lowest BCUT2D eigenvalue weighted by atomic mass is 10.00. The van der Waals surface area contributed by atoms with Crippen LogP contribution >= 0.6 is 0 Å². The number of aromatic nitrogens is 2. The van der Waals surface area contributed by atoms with E-state index in [0.717, 1.165) is 25.2 Å². The number of rotatable bonds is 2. The maximum Gasteiger partial charge on any atom is 0.151 e. The SMILES string of the molecule is Cc1ccc2c(c1)CCCN2c1cnc(CO)cn1. The molecule has 0 spiro atoms. The molecule has 1 aromatic carbocycles. The minimum atomic E-state index is -0.0664. The van der Waals surface area contributed by atoms with Gasteiger partial charge < -0.3 is 10.0 Å². The second-order valence-corrected chi connectivity index (χ2v) is 4.91. The predicted octanol–water partition coefficient (Wildman–Crippen LogP) is 2.36. The molecule has 1 aliphatic heterocycles. The van der Waals surface area contributed by atoms with Gasteiger partial charge in [-0.05, 0) is 31.4 Å². The number of aliphatic hydroxyl groups excluding tert-OH is 1. The van der Waals surface area contributed by atoms with Crippen molar-refractivity contribution in [2.24, 2.45) is 0 Å². The number of hydrogen-bond acceptors (Lipinski definition) is 4. The zero-order valence-electron chi connectivity index (χ0n) is 11.0. The first-order valence-electron chi connectivity index (χ1n) is 6.57. The van der Waals surface area contributed by atoms with E-state index in [1.54, 1.807) is 12.4 Å². The highest BCUT2D eigenvalue weighted by Crippen LogP contribution is 2.32. The van der Waals surface area contributed by atoms with E-state index in [0.29, 0.717) is 5.69 Å². The van der Waals surface area contributed by atoms with Crippen LogP contribution in [0.3, 0.4) is 0 Å². The van der Waals surface area contributed by atoms with Crippen LogP contribution in [-0.2, 0) is 13.0 Å². The van der Waals surface area contributed by atoms with Crippen molar-refractivity contribution in [3.63, 3.8) is 0 Å². The number of anilines is 2. The number of aliphatic hydroxyl groups is 1. The molecule has 4 nitrogen and oxygen atoms in total. The highest BCUT2D eigenvalue weighted by molar-refractivity contribution is 5.65. The summed E-state index contributed by atoms with van der Waals surface area (Å²) in [5, 5.41) is 9.01. The van der Waals surface area contributed by atoms with Gasteiger partial charge in [-0.2, -0.15) is 0 Å². The van der Waals surface area contributed by atoms with Crippen molar-refractivity contribution < 1.29 is 5.11 Å². The first kappa shape index (κ1) is 12.1. The molecule has 0 bridgehead atoms. The monoisotopic (exact) mass is 255 g/mol. The van der Waals surface area contributed by atoms with E-state index in [2.05, 4.69) is 40.0 Å². The molecule has 2 heterocycles. The van der Waals surface area contributed by atoms with Gasteiger partial charge in [-0.15, -0.1) is 0 Å². The first-order valence-corrected chi connectivity index (χ1v) is 6.57. The third-order valence-electron chi connectivity index (χ3n) is 3.48. The number of aryl methyl sites for hydroxylation is 2. The second-order valence-electron chi connectivity index (χ2n) is 4.91. The molecule has 0 amide bonds. The van der Waals surface area contributed by atoms with E-state index in [1.807, 2.05) is 0 Å². The van der Waals surface area contributed by atoms with Crippen molar-refractivity contribution in [1.82, 2.24) is 9.97 Å². The normalized spacial score (nSPS) is 14.3. The summed E-state index contributed by atoms with van der Waals surface area (Å²) in [5.41, 5.74) is 4.49. The van der Waals surface area contributed by atoms with Crippen LogP contribution in [0, 0.1) is 6.92 Å². The molecule has 98 valence electrons. The fourth-order valence-electron chi connectivity index (χ4n) is 2.53. The van der Waals surface area contributed by atoms with Crippen LogP contribution in [0.4, 0.5) is 11.5 Å². The Kier molecular flexibility index (Phi) is 3.17. The van der Waals surface area contributed by atoms with Crippen molar-refractivity contribution in [2.45, 2.75) is 26.4 Å². The molecule has 1 N–H and O–H groups in total. The second kappa shape index (κ2) is 4.97. The van der Waals surface area contributed by atoms with Crippen LogP contribution in [0.15, 0.2) is 30.6 Å². The van der Waals surface area contributed by atoms with E-state index in [9.17, 15) is 0 Å². The fraction of sp³-hybridized carbons (Fsp3) is 0.333. The maximum atomic E-state index is 9.01. The Labute approximate surface area is 112 Å². The molecule has 4 heteroatoms. The molecule has 3 rings (SSSR count). The Bertz CT molecular complexity index is 580. The van der Waals surface area contributed by atoms with E-state index < -0.39 is 0 Å². The van der Waals surface area contributed by atoms with Crippen LogP contribution in [0.25, 0.3) is 0 Å². The molecule has 1 aliphatic rings. The lowest BCUT2D eigenvalue weighted by molar-refractivity contribution is 0.276. The van der Waals surface area contributed by atoms with Crippen molar-refractivity contribution >= 4 is 11.5 Å². The topological polar surface area (TPSA) is 49.2 Å². The lowest BCUT2D eigenvalue weighted by Crippen LogP contribution is -2.25. The highest BCUT2D eigenvalue weighted by atomic mass is 16.3. The highest BCUT2D eigenvalue weighted by Gasteiger charge is 2.19. The van der Waals surface area contributed by atoms with Gasteiger partial charge in [-0.1, -0.05) is 17.7 Å². The smallest absolute Gasteiger partial charge is 0.151 e. The van der Waals surface area contributed by atoms with Crippen molar-refractivity contribution in [1.29, 1.82) is 0 Å². The van der Waals surface area contributed by atoms with Gasteiger partial charge in [0.1, 0.15) is 0 Å². The van der Waals surface area contributed by atoms with E-state index >= 15 is 0 Å². The molecule has 0 saturated heterocycles. The summed E-state index contributed by atoms with van der Waals surface area (Å²) in [5.74, 6) is 0.849. The first-order chi connectivity index (χ1) is 9.28. The molecule has 0 atom stereocenters. The van der Waals surface area contributed by atoms with Crippen molar-refractivity contribution in [3.05, 3.63) is 47.4 Å². The van der Waals surface area contributed by atoms with Crippen molar-refractivity contribution in [3.8, 4) is 0 Å². The summed E-state index contributed by atoms with van der Waals surface area (Å²) in [6.07, 6.45) is 5.62. The van der Waals surface area contributed by atoms with Crippen LogP contribution in [0.5, 0.6) is 0 Å². The molecular weight excluding hydrogens is 238 g/mol. The van der Waals surface area contributed by atoms with Gasteiger partial charge in [0.2, 0.25) is 0 Å². The maximum absolute atomic E-state index is 9.01. The Morgan fingerprint density at radius 2 is 2.16 bits per heavy atom. The zero-order valence-corrected chi connectivity index (χ0v) is 11.0. The van der Waals surface area contributed by atoms with Crippen LogP contribution in [0.1, 0.15) is 23.2 Å². The van der Waals surface area contributed by atoms with Gasteiger partial charge in [0, 0.05) is 12.2 Å². The average molecular weight is 255 g/mol. The van der Waals surface area contributed by atoms with Gasteiger partial charge in [0.05, 0.1) is 24.7 Å². The molecule has 0 saturated carbocycles. The Morgan fingerprint density at radius 1 is 1.26 bits per heavy atom. The molecular formula is C15H17N3O. The number of nitrogens with zero attached hydrogens (tertiary/aromatic N) is 3. The Morgan fingerprint density at radius 3 is 2.89 bits per heavy atom. The summed E-state index contributed by atoms with van der Waals surface area (Å²) >= 11 is 0. The average Bonchev–Trinajstić information content (AvgIpc) is 2.46. The summed E-state index contributed by atoms with van der Waals surface area (Å²) < 4.78 is 0. The quantitative estimate of drug-likeness (QED) is 0.895. The molecule has 2 aromatic rings.